The molecule has 25 heavy (non-hydrogen) atoms. The number of nitrogens with zero attached hydrogens (tertiary/aromatic N) is 1. The number of aromatic nitrogens is 1. The van der Waals surface area contributed by atoms with Gasteiger partial charge in [0.15, 0.2) is 0 Å². The van der Waals surface area contributed by atoms with Crippen molar-refractivity contribution in [2.45, 2.75) is 45.3 Å². The standard InChI is InChI=1S/C20H27N3O2/c1-13-5-6-19-18(8-13)17(14(2)22-19)9-20(24)21-10-16-11-23-7-3-4-15(23)12-25-16/h5-6,8,15-16,22H,3-4,7,9-12H2,1-2H3,(H,21,24)/t15-,16+/m0/s1. The molecule has 1 aromatic carbocycles. The Balaban J connectivity index is 1.36. The van der Waals surface area contributed by atoms with Gasteiger partial charge >= 0.3 is 0 Å². The van der Waals surface area contributed by atoms with Gasteiger partial charge in [-0.25, -0.2) is 0 Å². The van der Waals surface area contributed by atoms with Gasteiger partial charge in [0.1, 0.15) is 0 Å². The van der Waals surface area contributed by atoms with Crippen molar-refractivity contribution in [1.82, 2.24) is 15.2 Å². The first-order chi connectivity index (χ1) is 12.1. The topological polar surface area (TPSA) is 57.4 Å². The van der Waals surface area contributed by atoms with Crippen molar-refractivity contribution in [3.8, 4) is 0 Å². The number of amides is 1. The van der Waals surface area contributed by atoms with Crippen LogP contribution in [0.5, 0.6) is 0 Å². The summed E-state index contributed by atoms with van der Waals surface area (Å²) in [7, 11) is 0. The van der Waals surface area contributed by atoms with Crippen molar-refractivity contribution in [2.75, 3.05) is 26.2 Å². The van der Waals surface area contributed by atoms with Gasteiger partial charge < -0.3 is 15.0 Å². The Morgan fingerprint density at radius 3 is 3.16 bits per heavy atom. The van der Waals surface area contributed by atoms with Crippen LogP contribution in [0, 0.1) is 13.8 Å². The highest BCUT2D eigenvalue weighted by molar-refractivity contribution is 5.90. The van der Waals surface area contributed by atoms with Crippen LogP contribution in [-0.4, -0.2) is 54.2 Å². The molecule has 2 aliphatic heterocycles. The Kier molecular flexibility index (Phi) is 4.52. The van der Waals surface area contributed by atoms with Crippen LogP contribution in [0.3, 0.4) is 0 Å². The number of carbonyl (C=O) groups excluding carboxylic acids is 1. The molecule has 2 saturated heterocycles. The molecule has 1 aromatic heterocycles. The summed E-state index contributed by atoms with van der Waals surface area (Å²) in [6, 6.07) is 6.93. The SMILES string of the molecule is Cc1ccc2[nH]c(C)c(CC(=O)NC[C@@H]3CN4CCC[C@H]4CO3)c2c1. The van der Waals surface area contributed by atoms with Crippen molar-refractivity contribution in [1.29, 1.82) is 0 Å². The molecule has 0 bridgehead atoms. The van der Waals surface area contributed by atoms with Gasteiger partial charge in [0.25, 0.3) is 0 Å². The van der Waals surface area contributed by atoms with Gasteiger partial charge in [-0.15, -0.1) is 0 Å². The van der Waals surface area contributed by atoms with E-state index in [0.717, 1.165) is 35.3 Å². The third-order valence-corrected chi connectivity index (χ3v) is 5.60. The molecular formula is C20H27N3O2. The second-order valence-electron chi connectivity index (χ2n) is 7.50. The van der Waals surface area contributed by atoms with Crippen LogP contribution in [0.4, 0.5) is 0 Å². The van der Waals surface area contributed by atoms with Crippen LogP contribution in [0.15, 0.2) is 18.2 Å². The maximum absolute atomic E-state index is 12.5. The Hall–Kier alpha value is -1.85. The number of hydrogen-bond acceptors (Lipinski definition) is 3. The predicted molar refractivity (Wildman–Crippen MR) is 98.8 cm³/mol. The zero-order valence-corrected chi connectivity index (χ0v) is 15.1. The number of benzene rings is 1. The zero-order chi connectivity index (χ0) is 17.4. The van der Waals surface area contributed by atoms with E-state index in [1.807, 2.05) is 6.92 Å². The van der Waals surface area contributed by atoms with Crippen LogP contribution in [0.2, 0.25) is 0 Å². The third kappa shape index (κ3) is 3.44. The Labute approximate surface area is 148 Å². The highest BCUT2D eigenvalue weighted by atomic mass is 16.5. The molecule has 134 valence electrons. The van der Waals surface area contributed by atoms with Crippen LogP contribution in [-0.2, 0) is 16.0 Å². The normalized spacial score (nSPS) is 23.8. The number of hydrogen-bond donors (Lipinski definition) is 2. The van der Waals surface area contributed by atoms with Crippen LogP contribution < -0.4 is 5.32 Å². The van der Waals surface area contributed by atoms with Gasteiger partial charge in [-0.1, -0.05) is 11.6 Å². The minimum Gasteiger partial charge on any atom is -0.373 e. The molecule has 4 rings (SSSR count). The first-order valence-electron chi connectivity index (χ1n) is 9.30. The lowest BCUT2D eigenvalue weighted by Crippen LogP contribution is -2.50. The van der Waals surface area contributed by atoms with Crippen molar-refractivity contribution in [2.24, 2.45) is 0 Å². The Morgan fingerprint density at radius 1 is 1.40 bits per heavy atom. The average molecular weight is 341 g/mol. The van der Waals surface area contributed by atoms with Gasteiger partial charge in [-0.05, 0) is 50.9 Å². The molecule has 0 aliphatic carbocycles. The maximum Gasteiger partial charge on any atom is 0.224 e. The summed E-state index contributed by atoms with van der Waals surface area (Å²) in [5.41, 5.74) is 4.48. The van der Waals surface area contributed by atoms with Gasteiger partial charge in [-0.3, -0.25) is 9.69 Å². The van der Waals surface area contributed by atoms with E-state index in [1.165, 1.54) is 24.9 Å². The maximum atomic E-state index is 12.5. The van der Waals surface area contributed by atoms with Gasteiger partial charge in [0, 0.05) is 35.7 Å². The predicted octanol–water partition coefficient (Wildman–Crippen LogP) is 2.31. The molecule has 0 unspecified atom stereocenters. The number of aryl methyl sites for hydroxylation is 2. The zero-order valence-electron chi connectivity index (χ0n) is 15.1. The molecule has 3 heterocycles. The molecule has 0 spiro atoms. The fourth-order valence-electron chi connectivity index (χ4n) is 4.18. The molecule has 2 aromatic rings. The highest BCUT2D eigenvalue weighted by Crippen LogP contribution is 2.24. The highest BCUT2D eigenvalue weighted by Gasteiger charge is 2.32. The number of fused-ring (bicyclic) bond motifs is 2. The number of ether oxygens (including phenoxy) is 1. The number of aromatic amines is 1. The van der Waals surface area contributed by atoms with Crippen LogP contribution in [0.25, 0.3) is 10.9 Å². The minimum atomic E-state index is 0.0673. The van der Waals surface area contributed by atoms with Gasteiger partial charge in [-0.2, -0.15) is 0 Å². The minimum absolute atomic E-state index is 0.0673. The fraction of sp³-hybridized carbons (Fsp3) is 0.550. The smallest absolute Gasteiger partial charge is 0.224 e. The molecule has 1 amide bonds. The summed E-state index contributed by atoms with van der Waals surface area (Å²) < 4.78 is 5.92. The van der Waals surface area contributed by atoms with Crippen LogP contribution in [0.1, 0.15) is 29.7 Å². The lowest BCUT2D eigenvalue weighted by atomic mass is 10.1. The number of H-pyrrole nitrogens is 1. The average Bonchev–Trinajstić information content (AvgIpc) is 3.17. The molecule has 5 heteroatoms. The van der Waals surface area contributed by atoms with E-state index in [4.69, 9.17) is 4.74 Å². The van der Waals surface area contributed by atoms with Gasteiger partial charge in [0.2, 0.25) is 5.91 Å². The van der Waals surface area contributed by atoms with E-state index in [9.17, 15) is 4.79 Å². The van der Waals surface area contributed by atoms with Gasteiger partial charge in [0.05, 0.1) is 19.1 Å². The van der Waals surface area contributed by atoms with E-state index in [1.54, 1.807) is 0 Å². The Morgan fingerprint density at radius 2 is 2.28 bits per heavy atom. The van der Waals surface area contributed by atoms with E-state index >= 15 is 0 Å². The van der Waals surface area contributed by atoms with E-state index < -0.39 is 0 Å². The third-order valence-electron chi connectivity index (χ3n) is 5.60. The first kappa shape index (κ1) is 16.6. The summed E-state index contributed by atoms with van der Waals surface area (Å²) in [6.07, 6.45) is 3.04. The first-order valence-corrected chi connectivity index (χ1v) is 9.30. The quantitative estimate of drug-likeness (QED) is 0.897. The molecule has 0 radical (unpaired) electrons. The fourth-order valence-corrected chi connectivity index (χ4v) is 4.18. The van der Waals surface area contributed by atoms with E-state index in [2.05, 4.69) is 40.3 Å². The summed E-state index contributed by atoms with van der Waals surface area (Å²) in [5, 5.41) is 4.23. The second kappa shape index (κ2) is 6.81. The summed E-state index contributed by atoms with van der Waals surface area (Å²) in [5.74, 6) is 0.0673. The lowest BCUT2D eigenvalue weighted by molar-refractivity contribution is -0.121. The van der Waals surface area contributed by atoms with Crippen molar-refractivity contribution >= 4 is 16.8 Å². The summed E-state index contributed by atoms with van der Waals surface area (Å²) in [4.78, 5) is 18.4. The molecular weight excluding hydrogens is 314 g/mol. The molecule has 0 saturated carbocycles. The molecule has 2 fully saturated rings. The Bertz CT molecular complexity index is 783. The largest absolute Gasteiger partial charge is 0.373 e. The number of morpholine rings is 1. The van der Waals surface area contributed by atoms with Crippen LogP contribution >= 0.6 is 0 Å². The molecule has 2 N–H and O–H groups in total. The molecule has 2 atom stereocenters. The number of carbonyl (C=O) groups is 1. The van der Waals surface area contributed by atoms with Crippen molar-refractivity contribution in [3.63, 3.8) is 0 Å². The number of rotatable bonds is 4. The van der Waals surface area contributed by atoms with Crippen molar-refractivity contribution < 1.29 is 9.53 Å². The summed E-state index contributed by atoms with van der Waals surface area (Å²) >= 11 is 0. The monoisotopic (exact) mass is 341 g/mol. The second-order valence-corrected chi connectivity index (χ2v) is 7.50. The number of nitrogens with one attached hydrogen (secondary N) is 2. The summed E-state index contributed by atoms with van der Waals surface area (Å²) in [6.45, 7) is 7.64. The van der Waals surface area contributed by atoms with Crippen molar-refractivity contribution in [3.05, 3.63) is 35.0 Å². The van der Waals surface area contributed by atoms with E-state index in [-0.39, 0.29) is 12.0 Å². The lowest BCUT2D eigenvalue weighted by Gasteiger charge is -2.35. The van der Waals surface area contributed by atoms with E-state index in [0.29, 0.717) is 19.0 Å². The molecule has 5 nitrogen and oxygen atoms in total. The molecule has 2 aliphatic rings.